The van der Waals surface area contributed by atoms with Gasteiger partial charge in [-0.05, 0) is 74.1 Å². The highest BCUT2D eigenvalue weighted by Crippen LogP contribution is 2.48. The number of fused-ring (bicyclic) bond motifs is 1. The van der Waals surface area contributed by atoms with Gasteiger partial charge in [0.05, 0.1) is 17.3 Å². The number of hydrogen-bond acceptors (Lipinski definition) is 3. The Kier molecular flexibility index (Phi) is 5.72. The first-order valence-corrected chi connectivity index (χ1v) is 11.2. The lowest BCUT2D eigenvalue weighted by Gasteiger charge is -2.34. The monoisotopic (exact) mass is 409 g/mol. The molecular formula is C25H32FN3O. The van der Waals surface area contributed by atoms with Crippen LogP contribution in [0, 0.1) is 17.7 Å². The number of hydrogen-bond donors (Lipinski definition) is 1. The highest BCUT2D eigenvalue weighted by atomic mass is 19.1. The van der Waals surface area contributed by atoms with Crippen LogP contribution in [-0.2, 0) is 4.79 Å². The number of halogens is 1. The van der Waals surface area contributed by atoms with Gasteiger partial charge in [-0.25, -0.2) is 4.39 Å². The number of allylic oxidation sites excluding steroid dienone is 3. The van der Waals surface area contributed by atoms with Gasteiger partial charge in [0.2, 0.25) is 5.91 Å². The number of anilines is 1. The smallest absolute Gasteiger partial charge is 0.230 e. The molecule has 4 nitrogen and oxygen atoms in total. The van der Waals surface area contributed by atoms with E-state index < -0.39 is 0 Å². The number of carbonyl (C=O) groups is 1. The Morgan fingerprint density at radius 3 is 2.70 bits per heavy atom. The van der Waals surface area contributed by atoms with E-state index in [2.05, 4.69) is 44.1 Å². The Balaban J connectivity index is 1.64. The maximum atomic E-state index is 13.5. The van der Waals surface area contributed by atoms with Crippen LogP contribution in [0.5, 0.6) is 0 Å². The maximum absolute atomic E-state index is 13.5. The third kappa shape index (κ3) is 3.44. The maximum Gasteiger partial charge on any atom is 0.230 e. The van der Waals surface area contributed by atoms with E-state index in [-0.39, 0.29) is 23.7 Å². The predicted molar refractivity (Wildman–Crippen MR) is 119 cm³/mol. The summed E-state index contributed by atoms with van der Waals surface area (Å²) in [6.07, 6.45) is 8.05. The average molecular weight is 410 g/mol. The molecule has 0 unspecified atom stereocenters. The molecule has 1 amide bonds. The molecule has 1 aromatic carbocycles. The lowest BCUT2D eigenvalue weighted by Crippen LogP contribution is -2.43. The number of amides is 1. The zero-order valence-electron chi connectivity index (χ0n) is 18.4. The van der Waals surface area contributed by atoms with E-state index >= 15 is 0 Å². The standard InChI is InChI=1S/C25H32FN3O/c1-5-13-28(16(3)6-2)25(30)21-12-7-18-14-23-22(17(4)24(18)21)15-27-29(23)20-10-8-19(26)9-11-20/h8-11,14-17,21,27H,5-7,12-13H2,1-4H3/t16-,17+,21+/m1/s1. The van der Waals surface area contributed by atoms with Gasteiger partial charge in [0.25, 0.3) is 0 Å². The van der Waals surface area contributed by atoms with Gasteiger partial charge in [0.15, 0.2) is 0 Å². The molecule has 0 bridgehead atoms. The highest BCUT2D eigenvalue weighted by molar-refractivity contribution is 5.84. The summed E-state index contributed by atoms with van der Waals surface area (Å²) < 4.78 is 13.4. The molecule has 2 aliphatic carbocycles. The van der Waals surface area contributed by atoms with E-state index in [1.165, 1.54) is 28.9 Å². The first kappa shape index (κ1) is 20.7. The third-order valence-electron chi connectivity index (χ3n) is 6.83. The number of benzene rings is 1. The average Bonchev–Trinajstić information content (AvgIpc) is 3.37. The number of carbonyl (C=O) groups excluding carboxylic acids is 1. The van der Waals surface area contributed by atoms with Crippen LogP contribution in [0.4, 0.5) is 10.1 Å². The van der Waals surface area contributed by atoms with Gasteiger partial charge in [-0.1, -0.05) is 20.8 Å². The minimum Gasteiger partial charge on any atom is -0.339 e. The minimum atomic E-state index is -0.239. The van der Waals surface area contributed by atoms with Crippen molar-refractivity contribution in [3.05, 3.63) is 64.8 Å². The van der Waals surface area contributed by atoms with Gasteiger partial charge in [0, 0.05) is 30.3 Å². The summed E-state index contributed by atoms with van der Waals surface area (Å²) in [4.78, 5) is 15.6. The number of hydrazine groups is 1. The summed E-state index contributed by atoms with van der Waals surface area (Å²) in [7, 11) is 0. The van der Waals surface area contributed by atoms with E-state index in [0.29, 0.717) is 5.91 Å². The molecule has 4 rings (SSSR count). The third-order valence-corrected chi connectivity index (χ3v) is 6.83. The first-order chi connectivity index (χ1) is 14.5. The Hall–Kier alpha value is -2.56. The molecule has 3 aliphatic rings. The minimum absolute atomic E-state index is 0.0193. The fourth-order valence-corrected chi connectivity index (χ4v) is 5.06. The van der Waals surface area contributed by atoms with E-state index in [0.717, 1.165) is 43.6 Å². The summed E-state index contributed by atoms with van der Waals surface area (Å²) in [6.45, 7) is 9.48. The van der Waals surface area contributed by atoms with Gasteiger partial charge in [0.1, 0.15) is 5.82 Å². The van der Waals surface area contributed by atoms with Crippen molar-refractivity contribution in [2.24, 2.45) is 11.8 Å². The fourth-order valence-electron chi connectivity index (χ4n) is 5.06. The quantitative estimate of drug-likeness (QED) is 0.691. The summed E-state index contributed by atoms with van der Waals surface area (Å²) in [5.74, 6) is 0.225. The second-order valence-corrected chi connectivity index (χ2v) is 8.65. The predicted octanol–water partition coefficient (Wildman–Crippen LogP) is 5.31. The zero-order valence-corrected chi connectivity index (χ0v) is 18.4. The summed E-state index contributed by atoms with van der Waals surface area (Å²) in [6, 6.07) is 6.80. The molecule has 1 N–H and O–H groups in total. The number of nitrogens with one attached hydrogen (secondary N) is 1. The molecule has 0 saturated carbocycles. The molecule has 3 atom stereocenters. The van der Waals surface area contributed by atoms with Crippen molar-refractivity contribution < 1.29 is 9.18 Å². The summed E-state index contributed by atoms with van der Waals surface area (Å²) >= 11 is 0. The fraction of sp³-hybridized carbons (Fsp3) is 0.480. The van der Waals surface area contributed by atoms with Crippen LogP contribution < -0.4 is 10.4 Å². The van der Waals surface area contributed by atoms with Gasteiger partial charge in [-0.15, -0.1) is 0 Å². The van der Waals surface area contributed by atoms with Crippen molar-refractivity contribution >= 4 is 11.6 Å². The van der Waals surface area contributed by atoms with E-state index in [1.54, 1.807) is 12.1 Å². The number of nitrogens with zero attached hydrogens (tertiary/aromatic N) is 2. The molecule has 1 heterocycles. The van der Waals surface area contributed by atoms with Crippen molar-refractivity contribution in [3.8, 4) is 0 Å². The molecule has 30 heavy (non-hydrogen) atoms. The molecule has 1 aromatic rings. The van der Waals surface area contributed by atoms with Crippen LogP contribution in [-0.4, -0.2) is 23.4 Å². The van der Waals surface area contributed by atoms with Gasteiger partial charge in [-0.2, -0.15) is 0 Å². The van der Waals surface area contributed by atoms with Crippen LogP contribution in [0.15, 0.2) is 59.0 Å². The first-order valence-electron chi connectivity index (χ1n) is 11.2. The molecule has 0 saturated heterocycles. The molecule has 5 heteroatoms. The van der Waals surface area contributed by atoms with Crippen LogP contribution in [0.3, 0.4) is 0 Å². The van der Waals surface area contributed by atoms with Crippen molar-refractivity contribution in [3.63, 3.8) is 0 Å². The zero-order chi connectivity index (χ0) is 21.4. The van der Waals surface area contributed by atoms with Crippen molar-refractivity contribution in [1.82, 2.24) is 10.3 Å². The molecule has 0 fully saturated rings. The van der Waals surface area contributed by atoms with Crippen LogP contribution in [0.25, 0.3) is 0 Å². The summed E-state index contributed by atoms with van der Waals surface area (Å²) in [5.41, 5.74) is 9.12. The van der Waals surface area contributed by atoms with Gasteiger partial charge in [-0.3, -0.25) is 9.80 Å². The van der Waals surface area contributed by atoms with E-state index in [4.69, 9.17) is 0 Å². The second-order valence-electron chi connectivity index (χ2n) is 8.65. The lowest BCUT2D eigenvalue weighted by atomic mass is 9.80. The highest BCUT2D eigenvalue weighted by Gasteiger charge is 2.42. The molecular weight excluding hydrogens is 377 g/mol. The van der Waals surface area contributed by atoms with Gasteiger partial charge < -0.3 is 10.3 Å². The largest absolute Gasteiger partial charge is 0.339 e. The topological polar surface area (TPSA) is 35.6 Å². The summed E-state index contributed by atoms with van der Waals surface area (Å²) in [5, 5.41) is 2.01. The Morgan fingerprint density at radius 1 is 1.30 bits per heavy atom. The Labute approximate surface area is 179 Å². The second kappa shape index (κ2) is 8.29. The molecule has 0 aromatic heterocycles. The van der Waals surface area contributed by atoms with E-state index in [1.807, 2.05) is 11.2 Å². The van der Waals surface area contributed by atoms with Crippen LogP contribution >= 0.6 is 0 Å². The molecule has 1 aliphatic heterocycles. The molecule has 0 radical (unpaired) electrons. The van der Waals surface area contributed by atoms with Crippen LogP contribution in [0.2, 0.25) is 0 Å². The van der Waals surface area contributed by atoms with Crippen molar-refractivity contribution in [2.45, 2.75) is 59.4 Å². The van der Waals surface area contributed by atoms with Gasteiger partial charge >= 0.3 is 0 Å². The normalized spacial score (nSPS) is 23.4. The SMILES string of the molecule is CCCN(C(=O)[C@H]1CCC2=C1[C@@H](C)C1=CNN(c3ccc(F)cc3)C1=C2)[C@H](C)CC. The number of rotatable bonds is 6. The Morgan fingerprint density at radius 2 is 2.03 bits per heavy atom. The molecule has 0 spiro atoms. The van der Waals surface area contributed by atoms with Crippen molar-refractivity contribution in [1.29, 1.82) is 0 Å². The van der Waals surface area contributed by atoms with Crippen LogP contribution in [0.1, 0.15) is 53.4 Å². The van der Waals surface area contributed by atoms with Crippen molar-refractivity contribution in [2.75, 3.05) is 11.6 Å². The van der Waals surface area contributed by atoms with E-state index in [9.17, 15) is 9.18 Å². The molecule has 160 valence electrons. The lowest BCUT2D eigenvalue weighted by molar-refractivity contribution is -0.136. The Bertz CT molecular complexity index is 915.